The molecule has 0 aromatic heterocycles. The highest BCUT2D eigenvalue weighted by Crippen LogP contribution is 2.27. The molecule has 6 aliphatic rings. The minimum absolute atomic E-state index is 0.0264. The molecule has 0 aliphatic carbocycles. The number of nitrogens with one attached hydrogen (secondary N) is 2. The van der Waals surface area contributed by atoms with Crippen LogP contribution in [0.15, 0.2) is 25.3 Å². The summed E-state index contributed by atoms with van der Waals surface area (Å²) in [6.07, 6.45) is 0.0936. The van der Waals surface area contributed by atoms with Crippen molar-refractivity contribution in [2.24, 2.45) is 5.73 Å². The molecular formula is C50H90N8O16. The molecule has 24 heteroatoms. The molecule has 6 fully saturated rings. The SMILES string of the molecule is C=CCOC(=O)N(C[C@H](O)CO)C1CNC1.C=CCOC(=O)N(C[C@H]1COC(C)(C)O1)C1CN(C(=O)OC(C)(C)C)C1.CC(C)(C)OC(=O)N1CC(N)C1.CC(C)(C)OC(=O)N1CC(NC[C@H]2COC(C)(C)O2)C1. The summed E-state index contributed by atoms with van der Waals surface area (Å²) < 4.78 is 48.4. The first-order valence-electron chi connectivity index (χ1n) is 25.4. The van der Waals surface area contributed by atoms with E-state index in [2.05, 4.69) is 23.8 Å². The second-order valence-corrected chi connectivity index (χ2v) is 22.8. The topological polar surface area (TPSA) is 275 Å². The van der Waals surface area contributed by atoms with Gasteiger partial charge in [-0.2, -0.15) is 0 Å². The van der Waals surface area contributed by atoms with Gasteiger partial charge in [0.2, 0.25) is 0 Å². The van der Waals surface area contributed by atoms with Crippen molar-refractivity contribution in [1.82, 2.24) is 35.1 Å². The number of carbonyl (C=O) groups excluding carboxylic acids is 5. The fourth-order valence-corrected chi connectivity index (χ4v) is 7.38. The molecule has 6 N–H and O–H groups in total. The van der Waals surface area contributed by atoms with Gasteiger partial charge in [0, 0.05) is 71.0 Å². The number of hydrogen-bond acceptors (Lipinski definition) is 19. The normalized spacial score (nSPS) is 21.9. The zero-order valence-electron chi connectivity index (χ0n) is 46.3. The lowest BCUT2D eigenvalue weighted by Crippen LogP contribution is -2.64. The fourth-order valence-electron chi connectivity index (χ4n) is 7.38. The number of nitrogens with zero attached hydrogens (tertiary/aromatic N) is 5. The van der Waals surface area contributed by atoms with Gasteiger partial charge in [-0.3, -0.25) is 9.80 Å². The molecule has 74 heavy (non-hydrogen) atoms. The van der Waals surface area contributed by atoms with Crippen molar-refractivity contribution in [1.29, 1.82) is 0 Å². The average molecular weight is 1060 g/mol. The van der Waals surface area contributed by atoms with Gasteiger partial charge < -0.3 is 83.9 Å². The number of amides is 5. The van der Waals surface area contributed by atoms with Crippen LogP contribution in [0.1, 0.15) is 90.0 Å². The summed E-state index contributed by atoms with van der Waals surface area (Å²) in [5, 5.41) is 24.5. The molecule has 0 aromatic rings. The fraction of sp³-hybridized carbons (Fsp3) is 0.820. The van der Waals surface area contributed by atoms with E-state index < -0.39 is 46.7 Å². The molecule has 6 saturated heterocycles. The number of nitrogens with two attached hydrogens (primary N) is 1. The molecule has 6 rings (SSSR count). The van der Waals surface area contributed by atoms with Crippen molar-refractivity contribution in [2.75, 3.05) is 105 Å². The smallest absolute Gasteiger partial charge is 0.410 e. The Morgan fingerprint density at radius 1 is 0.703 bits per heavy atom. The lowest BCUT2D eigenvalue weighted by molar-refractivity contribution is -0.141. The molecule has 426 valence electrons. The predicted molar refractivity (Wildman–Crippen MR) is 273 cm³/mol. The van der Waals surface area contributed by atoms with E-state index in [1.165, 1.54) is 17.1 Å². The Bertz CT molecular complexity index is 1820. The molecule has 3 atom stereocenters. The second-order valence-electron chi connectivity index (χ2n) is 22.8. The number of aliphatic hydroxyl groups excluding tert-OH is 2. The highest BCUT2D eigenvalue weighted by molar-refractivity contribution is 5.72. The molecule has 0 spiro atoms. The Morgan fingerprint density at radius 3 is 1.49 bits per heavy atom. The van der Waals surface area contributed by atoms with Gasteiger partial charge in [0.1, 0.15) is 36.1 Å². The third kappa shape index (κ3) is 23.2. The van der Waals surface area contributed by atoms with Gasteiger partial charge in [-0.25, -0.2) is 24.0 Å². The minimum Gasteiger partial charge on any atom is -0.445 e. The second kappa shape index (κ2) is 28.0. The summed E-state index contributed by atoms with van der Waals surface area (Å²) in [5.41, 5.74) is 4.13. The maximum atomic E-state index is 12.4. The van der Waals surface area contributed by atoms with Crippen molar-refractivity contribution in [3.8, 4) is 0 Å². The summed E-state index contributed by atoms with van der Waals surface area (Å²) in [5.74, 6) is -1.14. The molecule has 24 nitrogen and oxygen atoms in total. The maximum Gasteiger partial charge on any atom is 0.410 e. The van der Waals surface area contributed by atoms with E-state index in [1.54, 1.807) is 19.6 Å². The summed E-state index contributed by atoms with van der Waals surface area (Å²) in [6.45, 7) is 38.0. The van der Waals surface area contributed by atoms with Crippen LogP contribution in [-0.2, 0) is 42.6 Å². The van der Waals surface area contributed by atoms with Crippen LogP contribution in [0, 0.1) is 0 Å². The number of ether oxygens (including phenoxy) is 9. The first kappa shape index (κ1) is 63.8. The van der Waals surface area contributed by atoms with Crippen LogP contribution in [0.2, 0.25) is 0 Å². The summed E-state index contributed by atoms with van der Waals surface area (Å²) >= 11 is 0. The highest BCUT2D eigenvalue weighted by Gasteiger charge is 2.43. The van der Waals surface area contributed by atoms with Crippen LogP contribution >= 0.6 is 0 Å². The van der Waals surface area contributed by atoms with Crippen LogP contribution in [0.25, 0.3) is 0 Å². The molecule has 0 saturated carbocycles. The summed E-state index contributed by atoms with van der Waals surface area (Å²) in [7, 11) is 0. The number of rotatable bonds is 14. The number of hydrogen-bond donors (Lipinski definition) is 5. The van der Waals surface area contributed by atoms with Gasteiger partial charge in [-0.1, -0.05) is 25.3 Å². The van der Waals surface area contributed by atoms with Crippen LogP contribution in [-0.4, -0.2) is 241 Å². The summed E-state index contributed by atoms with van der Waals surface area (Å²) in [6, 6.07) is 0.331. The van der Waals surface area contributed by atoms with Crippen LogP contribution in [0.5, 0.6) is 0 Å². The zero-order chi connectivity index (χ0) is 55.8. The lowest BCUT2D eigenvalue weighted by Gasteiger charge is -2.45. The minimum atomic E-state index is -0.933. The van der Waals surface area contributed by atoms with E-state index in [0.29, 0.717) is 78.2 Å². The lowest BCUT2D eigenvalue weighted by atomic mass is 10.1. The van der Waals surface area contributed by atoms with Gasteiger partial charge in [0.05, 0.1) is 57.2 Å². The number of aliphatic hydroxyl groups is 2. The van der Waals surface area contributed by atoms with Crippen molar-refractivity contribution >= 4 is 30.5 Å². The third-order valence-corrected chi connectivity index (χ3v) is 11.2. The summed E-state index contributed by atoms with van der Waals surface area (Å²) in [4.78, 5) is 67.0. The zero-order valence-corrected chi connectivity index (χ0v) is 46.3. The van der Waals surface area contributed by atoms with Crippen LogP contribution in [0.4, 0.5) is 24.0 Å². The maximum absolute atomic E-state index is 12.4. The average Bonchev–Trinajstić information content (AvgIpc) is 3.75. The molecule has 0 unspecified atom stereocenters. The van der Waals surface area contributed by atoms with Crippen molar-refractivity contribution in [2.45, 2.75) is 161 Å². The largest absolute Gasteiger partial charge is 0.445 e. The first-order chi connectivity index (χ1) is 34.2. The Balaban J connectivity index is 0.000000270. The van der Waals surface area contributed by atoms with Crippen molar-refractivity contribution < 1.29 is 76.8 Å². The molecule has 5 amide bonds. The van der Waals surface area contributed by atoms with Gasteiger partial charge in [-0.15, -0.1) is 0 Å². The monoisotopic (exact) mass is 1060 g/mol. The predicted octanol–water partition coefficient (Wildman–Crippen LogP) is 3.23. The Labute approximate surface area is 438 Å². The van der Waals surface area contributed by atoms with E-state index >= 15 is 0 Å². The van der Waals surface area contributed by atoms with Crippen molar-refractivity contribution in [3.63, 3.8) is 0 Å². The first-order valence-corrected chi connectivity index (χ1v) is 25.4. The van der Waals surface area contributed by atoms with Gasteiger partial charge in [0.25, 0.3) is 0 Å². The quantitative estimate of drug-likeness (QED) is 0.123. The molecule has 0 radical (unpaired) electrons. The molecular weight excluding hydrogens is 969 g/mol. The molecule has 0 aromatic carbocycles. The van der Waals surface area contributed by atoms with Crippen molar-refractivity contribution in [3.05, 3.63) is 25.3 Å². The number of carbonyl (C=O) groups is 5. The van der Waals surface area contributed by atoms with Crippen LogP contribution in [0.3, 0.4) is 0 Å². The Morgan fingerprint density at radius 2 is 1.12 bits per heavy atom. The van der Waals surface area contributed by atoms with E-state index in [0.717, 1.165) is 6.54 Å². The molecule has 6 aliphatic heterocycles. The number of likely N-dealkylation sites (tertiary alicyclic amines) is 3. The van der Waals surface area contributed by atoms with E-state index in [1.807, 2.05) is 90.0 Å². The third-order valence-electron chi connectivity index (χ3n) is 11.2. The molecule has 0 bridgehead atoms. The van der Waals surface area contributed by atoms with E-state index in [-0.39, 0.29) is 75.0 Å². The van der Waals surface area contributed by atoms with E-state index in [4.69, 9.17) is 53.5 Å². The standard InChI is InChI=1S/C18H30N2O6.C14H26N2O4.C10H18N2O4.C8H16N2O2/c1-7-8-23-16(22)20(11-14-12-24-18(5,6)25-14)13-9-19(10-13)15(21)26-17(2,3)4;1-13(2,3)20-12(17)16-7-10(8-16)15-6-11-9-18-14(4,5)19-11;1-2-3-16-10(15)12(6-9(14)7-13)8-4-11-5-8;1-8(2,3)12-7(11)10-4-6(9)5-10/h7,13-14H,1,8-12H2,2-6H3;10-11,15H,6-9H2,1-5H3;2,8-9,11,13-14H,1,3-7H2;6H,4-5,9H2,1-3H3/t14-;11-;9-;/m000./s1. The Kier molecular flexibility index (Phi) is 24.1. The Hall–Kier alpha value is -4.53. The molecule has 6 heterocycles. The van der Waals surface area contributed by atoms with E-state index in [9.17, 15) is 29.1 Å². The van der Waals surface area contributed by atoms with Gasteiger partial charge >= 0.3 is 30.5 Å². The van der Waals surface area contributed by atoms with Gasteiger partial charge in [-0.05, 0) is 90.0 Å². The van der Waals surface area contributed by atoms with Gasteiger partial charge in [0.15, 0.2) is 11.6 Å². The highest BCUT2D eigenvalue weighted by atomic mass is 16.7. The van der Waals surface area contributed by atoms with Crippen LogP contribution < -0.4 is 16.4 Å².